The summed E-state index contributed by atoms with van der Waals surface area (Å²) < 4.78 is 5.78. The van der Waals surface area contributed by atoms with Crippen LogP contribution in [0.4, 0.5) is 10.5 Å². The first kappa shape index (κ1) is 17.9. The van der Waals surface area contributed by atoms with Gasteiger partial charge in [0.2, 0.25) is 5.91 Å². The van der Waals surface area contributed by atoms with Crippen LogP contribution in [0.1, 0.15) is 43.5 Å². The number of benzene rings is 1. The van der Waals surface area contributed by atoms with Gasteiger partial charge < -0.3 is 15.4 Å². The van der Waals surface area contributed by atoms with Crippen LogP contribution in [-0.4, -0.2) is 47.2 Å². The summed E-state index contributed by atoms with van der Waals surface area (Å²) in [7, 11) is 1.40. The number of imide groups is 1. The third-order valence-corrected chi connectivity index (χ3v) is 4.47. The van der Waals surface area contributed by atoms with E-state index < -0.39 is 23.6 Å². The number of Topliss-reactive ketones (excluding diaryl/α,β-unsaturated/α-hetero) is 1. The minimum atomic E-state index is -0.749. The number of hydrogen-bond donors (Lipinski definition) is 2. The molecular formula is C18H21N3O5. The number of urea groups is 1. The van der Waals surface area contributed by atoms with E-state index in [9.17, 15) is 19.2 Å². The number of fused-ring (bicyclic) bond motifs is 1. The molecule has 2 aliphatic rings. The Morgan fingerprint density at radius 2 is 2.00 bits per heavy atom. The van der Waals surface area contributed by atoms with Gasteiger partial charge in [0.1, 0.15) is 17.4 Å². The summed E-state index contributed by atoms with van der Waals surface area (Å²) in [5.74, 6) is -0.264. The lowest BCUT2D eigenvalue weighted by atomic mass is 9.93. The molecule has 0 radical (unpaired) electrons. The van der Waals surface area contributed by atoms with E-state index >= 15 is 0 Å². The zero-order valence-electron chi connectivity index (χ0n) is 14.9. The molecule has 26 heavy (non-hydrogen) atoms. The Bertz CT molecular complexity index is 802. The quantitative estimate of drug-likeness (QED) is 0.782. The number of hydrogen-bond acceptors (Lipinski definition) is 5. The number of nitrogens with zero attached hydrogens (tertiary/aromatic N) is 1. The second-order valence-electron chi connectivity index (χ2n) is 7.15. The SMILES string of the molecule is CN1C(=O)CCC(NC(=O)Nc2ccc3c(c2)C(=O)CC(C)(C)O3)C1=O. The van der Waals surface area contributed by atoms with Gasteiger partial charge in [0.25, 0.3) is 5.91 Å². The number of amides is 4. The zero-order chi connectivity index (χ0) is 19.1. The maximum Gasteiger partial charge on any atom is 0.319 e. The highest BCUT2D eigenvalue weighted by Crippen LogP contribution is 2.34. The van der Waals surface area contributed by atoms with Crippen molar-refractivity contribution in [2.24, 2.45) is 0 Å². The molecule has 8 heteroatoms. The number of rotatable bonds is 2. The summed E-state index contributed by atoms with van der Waals surface area (Å²) in [5.41, 5.74) is 0.285. The van der Waals surface area contributed by atoms with Crippen LogP contribution >= 0.6 is 0 Å². The summed E-state index contributed by atoms with van der Waals surface area (Å²) in [6, 6.07) is 3.51. The molecule has 1 aromatic carbocycles. The molecule has 0 saturated carbocycles. The van der Waals surface area contributed by atoms with Crippen molar-refractivity contribution in [3.8, 4) is 5.75 Å². The van der Waals surface area contributed by atoms with E-state index in [-0.39, 0.29) is 31.0 Å². The lowest BCUT2D eigenvalue weighted by molar-refractivity contribution is -0.147. The van der Waals surface area contributed by atoms with Crippen LogP contribution in [0.15, 0.2) is 18.2 Å². The molecule has 1 fully saturated rings. The summed E-state index contributed by atoms with van der Waals surface area (Å²) >= 11 is 0. The highest BCUT2D eigenvalue weighted by atomic mass is 16.5. The maximum atomic E-state index is 12.3. The normalized spacial score (nSPS) is 21.7. The molecule has 1 aromatic rings. The molecule has 3 rings (SSSR count). The summed E-state index contributed by atoms with van der Waals surface area (Å²) in [4.78, 5) is 49.0. The molecule has 1 atom stereocenters. The van der Waals surface area contributed by atoms with Crippen LogP contribution in [0.2, 0.25) is 0 Å². The van der Waals surface area contributed by atoms with Gasteiger partial charge in [-0.25, -0.2) is 4.79 Å². The first-order chi connectivity index (χ1) is 12.2. The van der Waals surface area contributed by atoms with Crippen molar-refractivity contribution >= 4 is 29.3 Å². The van der Waals surface area contributed by atoms with Crippen molar-refractivity contribution in [2.45, 2.75) is 44.8 Å². The lowest BCUT2D eigenvalue weighted by Gasteiger charge is -2.31. The molecule has 2 aliphatic heterocycles. The second kappa shape index (κ2) is 6.44. The smallest absolute Gasteiger partial charge is 0.319 e. The largest absolute Gasteiger partial charge is 0.487 e. The predicted octanol–water partition coefficient (Wildman–Crippen LogP) is 1.70. The molecule has 0 spiro atoms. The Balaban J connectivity index is 1.67. The number of anilines is 1. The topological polar surface area (TPSA) is 105 Å². The van der Waals surface area contributed by atoms with Crippen LogP contribution in [0.25, 0.3) is 0 Å². The molecular weight excluding hydrogens is 338 g/mol. The van der Waals surface area contributed by atoms with Gasteiger partial charge in [-0.1, -0.05) is 0 Å². The first-order valence-electron chi connectivity index (χ1n) is 8.40. The zero-order valence-corrected chi connectivity index (χ0v) is 14.9. The third kappa shape index (κ3) is 3.54. The fraction of sp³-hybridized carbons (Fsp3) is 0.444. The number of piperidine rings is 1. The second-order valence-corrected chi connectivity index (χ2v) is 7.15. The minimum absolute atomic E-state index is 0.0529. The summed E-state index contributed by atoms with van der Waals surface area (Å²) in [6.07, 6.45) is 0.723. The highest BCUT2D eigenvalue weighted by Gasteiger charge is 2.34. The van der Waals surface area contributed by atoms with Crippen molar-refractivity contribution in [3.63, 3.8) is 0 Å². The van der Waals surface area contributed by atoms with Gasteiger partial charge in [-0.2, -0.15) is 0 Å². The molecule has 0 aliphatic carbocycles. The summed E-state index contributed by atoms with van der Waals surface area (Å²) in [6.45, 7) is 3.69. The predicted molar refractivity (Wildman–Crippen MR) is 93.0 cm³/mol. The van der Waals surface area contributed by atoms with E-state index in [0.717, 1.165) is 4.90 Å². The van der Waals surface area contributed by atoms with Crippen molar-refractivity contribution in [2.75, 3.05) is 12.4 Å². The molecule has 0 aromatic heterocycles. The van der Waals surface area contributed by atoms with E-state index in [0.29, 0.717) is 17.0 Å². The number of ether oxygens (including phenoxy) is 1. The molecule has 1 unspecified atom stereocenters. The Morgan fingerprint density at radius 1 is 1.27 bits per heavy atom. The van der Waals surface area contributed by atoms with Crippen molar-refractivity contribution < 1.29 is 23.9 Å². The van der Waals surface area contributed by atoms with Gasteiger partial charge in [0.05, 0.1) is 12.0 Å². The van der Waals surface area contributed by atoms with Crippen molar-refractivity contribution in [1.82, 2.24) is 10.2 Å². The molecule has 1 saturated heterocycles. The summed E-state index contributed by atoms with van der Waals surface area (Å²) in [5, 5.41) is 5.18. The van der Waals surface area contributed by atoms with Crippen LogP contribution in [0.3, 0.4) is 0 Å². The van der Waals surface area contributed by atoms with Crippen LogP contribution < -0.4 is 15.4 Å². The van der Waals surface area contributed by atoms with Crippen molar-refractivity contribution in [3.05, 3.63) is 23.8 Å². The fourth-order valence-corrected chi connectivity index (χ4v) is 3.11. The fourth-order valence-electron chi connectivity index (χ4n) is 3.11. The average Bonchev–Trinajstić information content (AvgIpc) is 2.55. The van der Waals surface area contributed by atoms with Gasteiger partial charge >= 0.3 is 6.03 Å². The number of ketones is 1. The average molecular weight is 359 g/mol. The molecule has 2 N–H and O–H groups in total. The van der Waals surface area contributed by atoms with Gasteiger partial charge in [-0.15, -0.1) is 0 Å². The first-order valence-corrected chi connectivity index (χ1v) is 8.40. The van der Waals surface area contributed by atoms with Crippen molar-refractivity contribution in [1.29, 1.82) is 0 Å². The standard InChI is InChI=1S/C18H21N3O5/c1-18(2)9-13(22)11-8-10(4-6-14(11)26-18)19-17(25)20-12-5-7-15(23)21(3)16(12)24/h4,6,8,12H,5,7,9H2,1-3H3,(H2,19,20,25). The maximum absolute atomic E-state index is 12.3. The molecule has 2 heterocycles. The minimum Gasteiger partial charge on any atom is -0.487 e. The van der Waals surface area contributed by atoms with Gasteiger partial charge in [-0.3, -0.25) is 19.3 Å². The number of likely N-dealkylation sites (N-methyl/N-ethyl adjacent to an activating group) is 1. The van der Waals surface area contributed by atoms with Gasteiger partial charge in [0, 0.05) is 19.2 Å². The molecule has 0 bridgehead atoms. The van der Waals surface area contributed by atoms with E-state index in [1.165, 1.54) is 7.05 Å². The monoisotopic (exact) mass is 359 g/mol. The van der Waals surface area contributed by atoms with Crippen LogP contribution in [0, 0.1) is 0 Å². The van der Waals surface area contributed by atoms with Crippen LogP contribution in [0.5, 0.6) is 5.75 Å². The molecule has 138 valence electrons. The Kier molecular flexibility index (Phi) is 4.43. The molecule has 4 amide bonds. The van der Waals surface area contributed by atoms with Gasteiger partial charge in [0.15, 0.2) is 5.78 Å². The van der Waals surface area contributed by atoms with Crippen LogP contribution in [-0.2, 0) is 9.59 Å². The highest BCUT2D eigenvalue weighted by molar-refractivity contribution is 6.04. The number of nitrogens with one attached hydrogen (secondary N) is 2. The lowest BCUT2D eigenvalue weighted by Crippen LogP contribution is -2.53. The van der Waals surface area contributed by atoms with Gasteiger partial charge in [-0.05, 0) is 38.5 Å². The van der Waals surface area contributed by atoms with E-state index in [2.05, 4.69) is 10.6 Å². The number of carbonyl (C=O) groups excluding carboxylic acids is 4. The molecule has 8 nitrogen and oxygen atoms in total. The Labute approximate surface area is 150 Å². The number of carbonyl (C=O) groups is 4. The number of likely N-dealkylation sites (tertiary alicyclic amines) is 1. The van der Waals surface area contributed by atoms with E-state index in [4.69, 9.17) is 4.74 Å². The third-order valence-electron chi connectivity index (χ3n) is 4.47. The Morgan fingerprint density at radius 3 is 2.73 bits per heavy atom. The van der Waals surface area contributed by atoms with E-state index in [1.54, 1.807) is 18.2 Å². The Hall–Kier alpha value is -2.90. The van der Waals surface area contributed by atoms with E-state index in [1.807, 2.05) is 13.8 Å².